The molecule has 1 atom stereocenters. The van der Waals surface area contributed by atoms with Gasteiger partial charge in [-0.3, -0.25) is 4.79 Å². The van der Waals surface area contributed by atoms with Crippen LogP contribution in [0.4, 0.5) is 4.79 Å². The summed E-state index contributed by atoms with van der Waals surface area (Å²) in [6, 6.07) is -0.288. The summed E-state index contributed by atoms with van der Waals surface area (Å²) >= 11 is 0. The van der Waals surface area contributed by atoms with E-state index in [-0.39, 0.29) is 24.0 Å². The molecule has 0 aliphatic carbocycles. The van der Waals surface area contributed by atoms with Crippen LogP contribution in [0.2, 0.25) is 0 Å². The number of carbonyl (C=O) groups excluding carboxylic acids is 2. The van der Waals surface area contributed by atoms with Gasteiger partial charge < -0.3 is 19.1 Å². The summed E-state index contributed by atoms with van der Waals surface area (Å²) < 4.78 is 6.93. The van der Waals surface area contributed by atoms with E-state index in [2.05, 4.69) is 18.8 Å². The highest BCUT2D eigenvalue weighted by Gasteiger charge is 2.29. The highest BCUT2D eigenvalue weighted by Crippen LogP contribution is 2.19. The van der Waals surface area contributed by atoms with Gasteiger partial charge in [-0.25, -0.2) is 9.78 Å². The second-order valence-corrected chi connectivity index (χ2v) is 6.03. The molecule has 0 bridgehead atoms. The van der Waals surface area contributed by atoms with E-state index < -0.39 is 0 Å². The standard InChI is InChI=1S/C16H26N4O3/c1-5-23-16(22)19-10-8-18(9-11-19)15(21)13(4)20-7-6-17-14(20)12(2)3/h6-7,12-13H,5,8-11H2,1-4H3/t13-/m1/s1. The maximum atomic E-state index is 12.7. The lowest BCUT2D eigenvalue weighted by molar-refractivity contribution is -0.136. The zero-order chi connectivity index (χ0) is 17.0. The molecule has 0 aromatic carbocycles. The van der Waals surface area contributed by atoms with Crippen LogP contribution in [0, 0.1) is 0 Å². The molecular weight excluding hydrogens is 296 g/mol. The van der Waals surface area contributed by atoms with Gasteiger partial charge in [0.05, 0.1) is 6.61 Å². The van der Waals surface area contributed by atoms with Crippen molar-refractivity contribution in [1.82, 2.24) is 19.4 Å². The largest absolute Gasteiger partial charge is 0.450 e. The van der Waals surface area contributed by atoms with Gasteiger partial charge in [-0.15, -0.1) is 0 Å². The summed E-state index contributed by atoms with van der Waals surface area (Å²) in [6.45, 7) is 10.3. The van der Waals surface area contributed by atoms with Gasteiger partial charge in [0.25, 0.3) is 0 Å². The second-order valence-electron chi connectivity index (χ2n) is 6.03. The van der Waals surface area contributed by atoms with Crippen molar-refractivity contribution in [2.45, 2.75) is 39.7 Å². The zero-order valence-electron chi connectivity index (χ0n) is 14.4. The SMILES string of the molecule is CCOC(=O)N1CCN(C(=O)[C@@H](C)n2ccnc2C(C)C)CC1. The fourth-order valence-corrected chi connectivity index (χ4v) is 2.81. The Morgan fingerprint density at radius 2 is 1.78 bits per heavy atom. The fourth-order valence-electron chi connectivity index (χ4n) is 2.81. The van der Waals surface area contributed by atoms with Crippen LogP contribution in [0.1, 0.15) is 45.5 Å². The molecule has 1 aromatic rings. The van der Waals surface area contributed by atoms with Crippen LogP contribution in [0.15, 0.2) is 12.4 Å². The summed E-state index contributed by atoms with van der Waals surface area (Å²) in [6.07, 6.45) is 3.29. The number of nitrogens with zero attached hydrogens (tertiary/aromatic N) is 4. The summed E-state index contributed by atoms with van der Waals surface area (Å²) in [7, 11) is 0. The molecule has 2 amide bonds. The maximum Gasteiger partial charge on any atom is 0.409 e. The Kier molecular flexibility index (Phi) is 5.63. The van der Waals surface area contributed by atoms with Crippen molar-refractivity contribution in [3.63, 3.8) is 0 Å². The van der Waals surface area contributed by atoms with Gasteiger partial charge in [0, 0.05) is 44.5 Å². The molecule has 7 nitrogen and oxygen atoms in total. The van der Waals surface area contributed by atoms with Crippen LogP contribution in [0.25, 0.3) is 0 Å². The van der Waals surface area contributed by atoms with E-state index in [9.17, 15) is 9.59 Å². The second kappa shape index (κ2) is 7.48. The molecule has 2 rings (SSSR count). The summed E-state index contributed by atoms with van der Waals surface area (Å²) in [5, 5.41) is 0. The van der Waals surface area contributed by atoms with Crippen LogP contribution in [0.5, 0.6) is 0 Å². The lowest BCUT2D eigenvalue weighted by Crippen LogP contribution is -2.52. The average Bonchev–Trinajstić information content (AvgIpc) is 3.03. The molecule has 2 heterocycles. The molecule has 0 saturated carbocycles. The lowest BCUT2D eigenvalue weighted by Gasteiger charge is -2.35. The third-order valence-corrected chi connectivity index (χ3v) is 4.11. The minimum Gasteiger partial charge on any atom is -0.450 e. The zero-order valence-corrected chi connectivity index (χ0v) is 14.4. The first kappa shape index (κ1) is 17.3. The highest BCUT2D eigenvalue weighted by atomic mass is 16.6. The van der Waals surface area contributed by atoms with Crippen LogP contribution >= 0.6 is 0 Å². The van der Waals surface area contributed by atoms with Crippen LogP contribution in [0.3, 0.4) is 0 Å². The molecule has 1 aliphatic rings. The molecule has 0 radical (unpaired) electrons. The number of hydrogen-bond acceptors (Lipinski definition) is 4. The smallest absolute Gasteiger partial charge is 0.409 e. The van der Waals surface area contributed by atoms with Gasteiger partial charge in [-0.1, -0.05) is 13.8 Å². The number of hydrogen-bond donors (Lipinski definition) is 0. The van der Waals surface area contributed by atoms with Gasteiger partial charge in [-0.05, 0) is 13.8 Å². The Balaban J connectivity index is 1.97. The van der Waals surface area contributed by atoms with Gasteiger partial charge in [0.1, 0.15) is 11.9 Å². The van der Waals surface area contributed by atoms with E-state index in [0.717, 1.165) is 5.82 Å². The first-order valence-electron chi connectivity index (χ1n) is 8.18. The van der Waals surface area contributed by atoms with Crippen molar-refractivity contribution in [2.24, 2.45) is 0 Å². The minimum absolute atomic E-state index is 0.0633. The number of rotatable bonds is 4. The van der Waals surface area contributed by atoms with Crippen molar-refractivity contribution in [1.29, 1.82) is 0 Å². The Hall–Kier alpha value is -2.05. The molecule has 1 fully saturated rings. The Labute approximate surface area is 137 Å². The number of carbonyl (C=O) groups is 2. The predicted octanol–water partition coefficient (Wildman–Crippen LogP) is 1.87. The van der Waals surface area contributed by atoms with E-state index >= 15 is 0 Å². The van der Waals surface area contributed by atoms with E-state index in [1.165, 1.54) is 0 Å². The molecular formula is C16H26N4O3. The Morgan fingerprint density at radius 3 is 2.35 bits per heavy atom. The molecule has 0 spiro atoms. The van der Waals surface area contributed by atoms with Gasteiger partial charge in [0.2, 0.25) is 5.91 Å². The summed E-state index contributed by atoms with van der Waals surface area (Å²) in [5.74, 6) is 1.24. The average molecular weight is 322 g/mol. The van der Waals surface area contributed by atoms with Crippen LogP contribution in [-0.2, 0) is 9.53 Å². The van der Waals surface area contributed by atoms with E-state index in [1.807, 2.05) is 22.6 Å². The summed E-state index contributed by atoms with van der Waals surface area (Å²) in [5.41, 5.74) is 0. The molecule has 1 aliphatic heterocycles. The van der Waals surface area contributed by atoms with Crippen molar-refractivity contribution < 1.29 is 14.3 Å². The maximum absolute atomic E-state index is 12.7. The van der Waals surface area contributed by atoms with Crippen molar-refractivity contribution in [2.75, 3.05) is 32.8 Å². The van der Waals surface area contributed by atoms with Crippen molar-refractivity contribution >= 4 is 12.0 Å². The monoisotopic (exact) mass is 322 g/mol. The number of piperazine rings is 1. The number of aromatic nitrogens is 2. The van der Waals surface area contributed by atoms with Crippen LogP contribution in [-0.4, -0.2) is 64.1 Å². The van der Waals surface area contributed by atoms with Gasteiger partial charge in [0.15, 0.2) is 0 Å². The van der Waals surface area contributed by atoms with Crippen molar-refractivity contribution in [3.05, 3.63) is 18.2 Å². The van der Waals surface area contributed by atoms with Gasteiger partial charge in [-0.2, -0.15) is 0 Å². The predicted molar refractivity (Wildman–Crippen MR) is 86.2 cm³/mol. The first-order chi connectivity index (χ1) is 11.0. The fraction of sp³-hybridized carbons (Fsp3) is 0.688. The first-order valence-corrected chi connectivity index (χ1v) is 8.18. The number of ether oxygens (including phenoxy) is 1. The molecule has 0 N–H and O–H groups in total. The third kappa shape index (κ3) is 3.83. The minimum atomic E-state index is -0.302. The number of amides is 2. The van der Waals surface area contributed by atoms with E-state index in [4.69, 9.17) is 4.74 Å². The molecule has 128 valence electrons. The third-order valence-electron chi connectivity index (χ3n) is 4.11. The van der Waals surface area contributed by atoms with E-state index in [0.29, 0.717) is 32.8 Å². The molecule has 7 heteroatoms. The topological polar surface area (TPSA) is 67.7 Å². The van der Waals surface area contributed by atoms with Crippen LogP contribution < -0.4 is 0 Å². The molecule has 1 aromatic heterocycles. The molecule has 1 saturated heterocycles. The molecule has 0 unspecified atom stereocenters. The Morgan fingerprint density at radius 1 is 1.17 bits per heavy atom. The highest BCUT2D eigenvalue weighted by molar-refractivity contribution is 5.80. The lowest BCUT2D eigenvalue weighted by atomic mass is 10.2. The van der Waals surface area contributed by atoms with Gasteiger partial charge >= 0.3 is 6.09 Å². The van der Waals surface area contributed by atoms with Crippen molar-refractivity contribution in [3.8, 4) is 0 Å². The quantitative estimate of drug-likeness (QED) is 0.848. The number of imidazole rings is 1. The summed E-state index contributed by atoms with van der Waals surface area (Å²) in [4.78, 5) is 32.2. The normalized spacial score (nSPS) is 16.6. The van der Waals surface area contributed by atoms with E-state index in [1.54, 1.807) is 18.0 Å². The Bertz CT molecular complexity index is 547. The molecule has 23 heavy (non-hydrogen) atoms.